The predicted molar refractivity (Wildman–Crippen MR) is 106 cm³/mol. The van der Waals surface area contributed by atoms with Crippen LogP contribution in [0.1, 0.15) is 55.1 Å². The van der Waals surface area contributed by atoms with Crippen LogP contribution < -0.4 is 5.32 Å². The summed E-state index contributed by atoms with van der Waals surface area (Å²) in [7, 11) is 0. The maximum absolute atomic E-state index is 12.7. The van der Waals surface area contributed by atoms with Crippen LogP contribution in [-0.2, 0) is 13.0 Å². The molecule has 1 N–H and O–H groups in total. The summed E-state index contributed by atoms with van der Waals surface area (Å²) in [5.74, 6) is 0.131. The SMILES string of the molecule is CCCCN(CC)C(=O)c1cccc(CNc2ccccc2CC)c1. The summed E-state index contributed by atoms with van der Waals surface area (Å²) < 4.78 is 0. The molecule has 0 unspecified atom stereocenters. The Bertz CT molecular complexity index is 681. The van der Waals surface area contributed by atoms with Gasteiger partial charge in [-0.1, -0.05) is 50.6 Å². The smallest absolute Gasteiger partial charge is 0.253 e. The lowest BCUT2D eigenvalue weighted by atomic mass is 10.1. The second-order valence-electron chi connectivity index (χ2n) is 6.30. The predicted octanol–water partition coefficient (Wildman–Crippen LogP) is 5.12. The number of aryl methyl sites for hydroxylation is 1. The lowest BCUT2D eigenvalue weighted by Gasteiger charge is -2.21. The molecule has 1 amide bonds. The minimum absolute atomic E-state index is 0.131. The Morgan fingerprint density at radius 2 is 1.84 bits per heavy atom. The number of unbranched alkanes of at least 4 members (excludes halogenated alkanes) is 1. The molecule has 134 valence electrons. The Balaban J connectivity index is 2.06. The molecule has 3 nitrogen and oxygen atoms in total. The molecule has 0 aliphatic heterocycles. The van der Waals surface area contributed by atoms with Crippen LogP contribution in [0.15, 0.2) is 48.5 Å². The fourth-order valence-electron chi connectivity index (χ4n) is 2.95. The largest absolute Gasteiger partial charge is 0.381 e. The molecule has 0 fully saturated rings. The van der Waals surface area contributed by atoms with E-state index in [1.165, 1.54) is 11.3 Å². The first-order valence-corrected chi connectivity index (χ1v) is 9.39. The summed E-state index contributed by atoms with van der Waals surface area (Å²) in [5, 5.41) is 3.50. The number of nitrogens with one attached hydrogen (secondary N) is 1. The maximum Gasteiger partial charge on any atom is 0.253 e. The third-order valence-electron chi connectivity index (χ3n) is 4.51. The summed E-state index contributed by atoms with van der Waals surface area (Å²) in [6.07, 6.45) is 3.16. The quantitative estimate of drug-likeness (QED) is 0.688. The zero-order valence-electron chi connectivity index (χ0n) is 15.7. The van der Waals surface area contributed by atoms with Crippen LogP contribution >= 0.6 is 0 Å². The minimum Gasteiger partial charge on any atom is -0.381 e. The number of hydrogen-bond acceptors (Lipinski definition) is 2. The zero-order chi connectivity index (χ0) is 18.1. The number of rotatable bonds is 9. The molecule has 3 heteroatoms. The van der Waals surface area contributed by atoms with E-state index in [9.17, 15) is 4.79 Å². The molecule has 2 rings (SSSR count). The first kappa shape index (κ1) is 19.0. The molecule has 0 aliphatic rings. The Morgan fingerprint density at radius 1 is 1.04 bits per heavy atom. The van der Waals surface area contributed by atoms with Gasteiger partial charge in [0.25, 0.3) is 5.91 Å². The van der Waals surface area contributed by atoms with Crippen molar-refractivity contribution in [1.29, 1.82) is 0 Å². The summed E-state index contributed by atoms with van der Waals surface area (Å²) in [6.45, 7) is 8.66. The van der Waals surface area contributed by atoms with E-state index in [0.717, 1.165) is 50.0 Å². The van der Waals surface area contributed by atoms with Gasteiger partial charge >= 0.3 is 0 Å². The topological polar surface area (TPSA) is 32.3 Å². The monoisotopic (exact) mass is 338 g/mol. The van der Waals surface area contributed by atoms with Gasteiger partial charge in [-0.2, -0.15) is 0 Å². The normalized spacial score (nSPS) is 10.5. The van der Waals surface area contributed by atoms with Gasteiger partial charge in [-0.15, -0.1) is 0 Å². The van der Waals surface area contributed by atoms with Crippen LogP contribution in [0.4, 0.5) is 5.69 Å². The van der Waals surface area contributed by atoms with Crippen molar-refractivity contribution in [2.75, 3.05) is 18.4 Å². The number of para-hydroxylation sites is 1. The van der Waals surface area contributed by atoms with E-state index in [1.54, 1.807) is 0 Å². The molecule has 0 aliphatic carbocycles. The van der Waals surface area contributed by atoms with Crippen LogP contribution in [0.3, 0.4) is 0 Å². The Morgan fingerprint density at radius 3 is 2.56 bits per heavy atom. The van der Waals surface area contributed by atoms with E-state index in [-0.39, 0.29) is 5.91 Å². The number of carbonyl (C=O) groups is 1. The summed E-state index contributed by atoms with van der Waals surface area (Å²) in [5.41, 5.74) is 4.38. The van der Waals surface area contributed by atoms with E-state index < -0.39 is 0 Å². The second-order valence-corrected chi connectivity index (χ2v) is 6.30. The number of carbonyl (C=O) groups excluding carboxylic acids is 1. The third-order valence-corrected chi connectivity index (χ3v) is 4.51. The van der Waals surface area contributed by atoms with Gasteiger partial charge in [-0.3, -0.25) is 4.79 Å². The van der Waals surface area contributed by atoms with Crippen molar-refractivity contribution < 1.29 is 4.79 Å². The summed E-state index contributed by atoms with van der Waals surface area (Å²) >= 11 is 0. The van der Waals surface area contributed by atoms with Gasteiger partial charge in [0.05, 0.1) is 0 Å². The molecular weight excluding hydrogens is 308 g/mol. The highest BCUT2D eigenvalue weighted by molar-refractivity contribution is 5.94. The van der Waals surface area contributed by atoms with Crippen LogP contribution in [0.5, 0.6) is 0 Å². The maximum atomic E-state index is 12.7. The molecule has 2 aromatic carbocycles. The van der Waals surface area contributed by atoms with Gasteiger partial charge in [0.1, 0.15) is 0 Å². The average Bonchev–Trinajstić information content (AvgIpc) is 2.67. The molecular formula is C22H30N2O. The molecule has 25 heavy (non-hydrogen) atoms. The number of anilines is 1. The number of nitrogens with zero attached hydrogens (tertiary/aromatic N) is 1. The van der Waals surface area contributed by atoms with E-state index in [2.05, 4.69) is 43.4 Å². The lowest BCUT2D eigenvalue weighted by Crippen LogP contribution is -2.31. The van der Waals surface area contributed by atoms with Crippen LogP contribution in [0.2, 0.25) is 0 Å². The van der Waals surface area contributed by atoms with Crippen LogP contribution in [0.25, 0.3) is 0 Å². The van der Waals surface area contributed by atoms with Crippen molar-refractivity contribution in [3.63, 3.8) is 0 Å². The zero-order valence-corrected chi connectivity index (χ0v) is 15.7. The van der Waals surface area contributed by atoms with Gasteiger partial charge in [-0.05, 0) is 49.1 Å². The lowest BCUT2D eigenvalue weighted by molar-refractivity contribution is 0.0762. The molecule has 0 aromatic heterocycles. The van der Waals surface area contributed by atoms with E-state index in [1.807, 2.05) is 36.1 Å². The second kappa shape index (κ2) is 9.87. The van der Waals surface area contributed by atoms with E-state index in [0.29, 0.717) is 0 Å². The Hall–Kier alpha value is -2.29. The molecule has 0 spiro atoms. The minimum atomic E-state index is 0.131. The first-order chi connectivity index (χ1) is 12.2. The summed E-state index contributed by atoms with van der Waals surface area (Å²) in [4.78, 5) is 14.6. The number of benzene rings is 2. The molecule has 0 saturated carbocycles. The van der Waals surface area contributed by atoms with Crippen molar-refractivity contribution in [1.82, 2.24) is 4.90 Å². The fraction of sp³-hybridized carbons (Fsp3) is 0.409. The van der Waals surface area contributed by atoms with Gasteiger partial charge in [0.15, 0.2) is 0 Å². The molecule has 0 radical (unpaired) electrons. The van der Waals surface area contributed by atoms with Gasteiger partial charge in [0, 0.05) is 30.9 Å². The van der Waals surface area contributed by atoms with E-state index in [4.69, 9.17) is 0 Å². The van der Waals surface area contributed by atoms with Crippen molar-refractivity contribution in [3.8, 4) is 0 Å². The van der Waals surface area contributed by atoms with Crippen molar-refractivity contribution in [3.05, 3.63) is 65.2 Å². The highest BCUT2D eigenvalue weighted by Gasteiger charge is 2.13. The van der Waals surface area contributed by atoms with Crippen LogP contribution in [-0.4, -0.2) is 23.9 Å². The van der Waals surface area contributed by atoms with Crippen LogP contribution in [0, 0.1) is 0 Å². The first-order valence-electron chi connectivity index (χ1n) is 9.39. The Kier molecular flexibility index (Phi) is 7.52. The standard InChI is InChI=1S/C22H30N2O/c1-4-7-15-24(6-3)22(25)20-13-10-11-18(16-20)17-23-21-14-9-8-12-19(21)5-2/h8-14,16,23H,4-7,15,17H2,1-3H3. The van der Waals surface area contributed by atoms with Crippen molar-refractivity contribution >= 4 is 11.6 Å². The molecule has 2 aromatic rings. The van der Waals surface area contributed by atoms with E-state index >= 15 is 0 Å². The molecule has 0 saturated heterocycles. The molecule has 0 heterocycles. The number of amides is 1. The molecule has 0 atom stereocenters. The van der Waals surface area contributed by atoms with Gasteiger partial charge in [0.2, 0.25) is 0 Å². The average molecular weight is 338 g/mol. The van der Waals surface area contributed by atoms with Crippen molar-refractivity contribution in [2.24, 2.45) is 0 Å². The van der Waals surface area contributed by atoms with Gasteiger partial charge < -0.3 is 10.2 Å². The fourth-order valence-corrected chi connectivity index (χ4v) is 2.95. The Labute approximate surface area is 152 Å². The highest BCUT2D eigenvalue weighted by Crippen LogP contribution is 2.17. The van der Waals surface area contributed by atoms with Crippen molar-refractivity contribution in [2.45, 2.75) is 46.6 Å². The molecule has 0 bridgehead atoms. The summed E-state index contributed by atoms with van der Waals surface area (Å²) in [6, 6.07) is 16.4. The number of hydrogen-bond donors (Lipinski definition) is 1. The third kappa shape index (κ3) is 5.35. The highest BCUT2D eigenvalue weighted by atomic mass is 16.2. The van der Waals surface area contributed by atoms with Gasteiger partial charge in [-0.25, -0.2) is 0 Å².